The van der Waals surface area contributed by atoms with Crippen LogP contribution in [0.5, 0.6) is 0 Å². The standard InChI is InChI=1S/C17H21N3O4/c21-16-11-24-15-10-19(17(22)14-2-1-7-23-14)9-13(15)20(16)8-12-3-5-18-6-4-12/h3-6,13-15H,1-2,7-11H2/t13-,14-,15-/m0/s1. The molecular weight excluding hydrogens is 310 g/mol. The maximum atomic E-state index is 12.6. The number of rotatable bonds is 3. The third-order valence-electron chi connectivity index (χ3n) is 5.00. The van der Waals surface area contributed by atoms with Gasteiger partial charge in [0.05, 0.1) is 12.1 Å². The van der Waals surface area contributed by atoms with Gasteiger partial charge in [-0.25, -0.2) is 0 Å². The van der Waals surface area contributed by atoms with E-state index in [4.69, 9.17) is 9.47 Å². The second-order valence-corrected chi connectivity index (χ2v) is 6.54. The molecule has 4 rings (SSSR count). The van der Waals surface area contributed by atoms with Crippen molar-refractivity contribution in [3.8, 4) is 0 Å². The number of carbonyl (C=O) groups is 2. The summed E-state index contributed by atoms with van der Waals surface area (Å²) in [5, 5.41) is 0. The Hall–Kier alpha value is -1.99. The average Bonchev–Trinajstić information content (AvgIpc) is 3.27. The first-order chi connectivity index (χ1) is 11.7. The highest BCUT2D eigenvalue weighted by Gasteiger charge is 2.45. The smallest absolute Gasteiger partial charge is 0.251 e. The van der Waals surface area contributed by atoms with Crippen molar-refractivity contribution in [3.05, 3.63) is 30.1 Å². The molecule has 3 fully saturated rings. The summed E-state index contributed by atoms with van der Waals surface area (Å²) in [5.74, 6) is 0.00119. The topological polar surface area (TPSA) is 72.0 Å². The number of aromatic nitrogens is 1. The minimum Gasteiger partial charge on any atom is -0.368 e. The SMILES string of the molecule is O=C([C@@H]1CCCO1)N1C[C@@H]2OCC(=O)N(Cc3ccncc3)[C@H]2C1. The molecule has 3 aliphatic rings. The Morgan fingerprint density at radius 2 is 2.08 bits per heavy atom. The molecule has 128 valence electrons. The van der Waals surface area contributed by atoms with Crippen LogP contribution in [0.4, 0.5) is 0 Å². The van der Waals surface area contributed by atoms with E-state index >= 15 is 0 Å². The van der Waals surface area contributed by atoms with Gasteiger partial charge in [0, 0.05) is 38.6 Å². The summed E-state index contributed by atoms with van der Waals surface area (Å²) in [7, 11) is 0. The molecule has 3 saturated heterocycles. The van der Waals surface area contributed by atoms with E-state index in [2.05, 4.69) is 4.98 Å². The predicted molar refractivity (Wildman–Crippen MR) is 83.9 cm³/mol. The van der Waals surface area contributed by atoms with Crippen LogP contribution in [0.25, 0.3) is 0 Å². The molecule has 0 saturated carbocycles. The van der Waals surface area contributed by atoms with E-state index in [9.17, 15) is 9.59 Å². The Kier molecular flexibility index (Phi) is 4.20. The Morgan fingerprint density at radius 1 is 1.25 bits per heavy atom. The average molecular weight is 331 g/mol. The van der Waals surface area contributed by atoms with Crippen LogP contribution in [0.15, 0.2) is 24.5 Å². The molecule has 1 aromatic rings. The number of hydrogen-bond donors (Lipinski definition) is 0. The van der Waals surface area contributed by atoms with Crippen molar-refractivity contribution in [2.75, 3.05) is 26.3 Å². The van der Waals surface area contributed by atoms with Crippen LogP contribution >= 0.6 is 0 Å². The van der Waals surface area contributed by atoms with Crippen LogP contribution < -0.4 is 0 Å². The van der Waals surface area contributed by atoms with Gasteiger partial charge < -0.3 is 19.3 Å². The molecule has 3 atom stereocenters. The lowest BCUT2D eigenvalue weighted by Crippen LogP contribution is -2.53. The van der Waals surface area contributed by atoms with E-state index in [1.807, 2.05) is 17.0 Å². The lowest BCUT2D eigenvalue weighted by Gasteiger charge is -2.36. The predicted octanol–water partition coefficient (Wildman–Crippen LogP) is 0.199. The van der Waals surface area contributed by atoms with Crippen molar-refractivity contribution in [1.29, 1.82) is 0 Å². The first-order valence-corrected chi connectivity index (χ1v) is 8.43. The largest absolute Gasteiger partial charge is 0.368 e. The zero-order valence-corrected chi connectivity index (χ0v) is 13.5. The minimum absolute atomic E-state index is 0.0283. The van der Waals surface area contributed by atoms with Gasteiger partial charge in [0.2, 0.25) is 5.91 Å². The highest BCUT2D eigenvalue weighted by atomic mass is 16.5. The number of morpholine rings is 1. The second-order valence-electron chi connectivity index (χ2n) is 6.54. The third-order valence-corrected chi connectivity index (χ3v) is 5.00. The van der Waals surface area contributed by atoms with E-state index in [0.29, 0.717) is 26.2 Å². The molecule has 24 heavy (non-hydrogen) atoms. The maximum absolute atomic E-state index is 12.6. The molecular formula is C17H21N3O4. The summed E-state index contributed by atoms with van der Waals surface area (Å²) in [5.41, 5.74) is 1.03. The van der Waals surface area contributed by atoms with Crippen molar-refractivity contribution in [2.45, 2.75) is 37.6 Å². The molecule has 3 aliphatic heterocycles. The summed E-state index contributed by atoms with van der Waals surface area (Å²) in [6, 6.07) is 3.72. The molecule has 0 unspecified atom stereocenters. The Bertz CT molecular complexity index is 618. The normalized spacial score (nSPS) is 29.8. The zero-order chi connectivity index (χ0) is 16.5. The highest BCUT2D eigenvalue weighted by molar-refractivity contribution is 5.82. The Balaban J connectivity index is 1.47. The second kappa shape index (κ2) is 6.49. The molecule has 2 amide bonds. The molecule has 0 aliphatic carbocycles. The molecule has 0 radical (unpaired) electrons. The molecule has 4 heterocycles. The Morgan fingerprint density at radius 3 is 2.83 bits per heavy atom. The number of carbonyl (C=O) groups excluding carboxylic acids is 2. The fraction of sp³-hybridized carbons (Fsp3) is 0.588. The number of hydrogen-bond acceptors (Lipinski definition) is 5. The van der Waals surface area contributed by atoms with Gasteiger partial charge in [-0.05, 0) is 30.5 Å². The van der Waals surface area contributed by atoms with Gasteiger partial charge in [-0.15, -0.1) is 0 Å². The number of amides is 2. The van der Waals surface area contributed by atoms with Crippen LogP contribution in [0, 0.1) is 0 Å². The molecule has 1 aromatic heterocycles. The summed E-state index contributed by atoms with van der Waals surface area (Å²) in [6.07, 6.45) is 4.72. The quantitative estimate of drug-likeness (QED) is 0.791. The molecule has 0 N–H and O–H groups in total. The number of ether oxygens (including phenoxy) is 2. The first kappa shape index (κ1) is 15.5. The first-order valence-electron chi connectivity index (χ1n) is 8.43. The van der Waals surface area contributed by atoms with Gasteiger partial charge in [0.1, 0.15) is 12.7 Å². The minimum atomic E-state index is -0.325. The molecule has 0 spiro atoms. The van der Waals surface area contributed by atoms with E-state index in [1.54, 1.807) is 17.3 Å². The van der Waals surface area contributed by atoms with Crippen LogP contribution in [0.3, 0.4) is 0 Å². The van der Waals surface area contributed by atoms with E-state index in [-0.39, 0.29) is 36.7 Å². The van der Waals surface area contributed by atoms with Gasteiger partial charge in [-0.3, -0.25) is 14.6 Å². The van der Waals surface area contributed by atoms with E-state index < -0.39 is 0 Å². The van der Waals surface area contributed by atoms with Crippen LogP contribution in [0.2, 0.25) is 0 Å². The zero-order valence-electron chi connectivity index (χ0n) is 13.5. The number of nitrogens with zero attached hydrogens (tertiary/aromatic N) is 3. The molecule has 0 aromatic carbocycles. The van der Waals surface area contributed by atoms with Crippen molar-refractivity contribution >= 4 is 11.8 Å². The number of fused-ring (bicyclic) bond motifs is 1. The van der Waals surface area contributed by atoms with Crippen molar-refractivity contribution in [2.24, 2.45) is 0 Å². The Labute approximate surface area is 140 Å². The van der Waals surface area contributed by atoms with Crippen LogP contribution in [-0.4, -0.2) is 71.2 Å². The van der Waals surface area contributed by atoms with Crippen molar-refractivity contribution in [1.82, 2.24) is 14.8 Å². The van der Waals surface area contributed by atoms with Crippen LogP contribution in [-0.2, 0) is 25.6 Å². The summed E-state index contributed by atoms with van der Waals surface area (Å²) >= 11 is 0. The van der Waals surface area contributed by atoms with Gasteiger partial charge in [0.25, 0.3) is 5.91 Å². The van der Waals surface area contributed by atoms with Gasteiger partial charge in [-0.2, -0.15) is 0 Å². The van der Waals surface area contributed by atoms with Crippen molar-refractivity contribution < 1.29 is 19.1 Å². The lowest BCUT2D eigenvalue weighted by molar-refractivity contribution is -0.153. The van der Waals surface area contributed by atoms with E-state index in [1.165, 1.54) is 0 Å². The monoisotopic (exact) mass is 331 g/mol. The number of pyridine rings is 1. The third kappa shape index (κ3) is 2.89. The lowest BCUT2D eigenvalue weighted by atomic mass is 10.1. The maximum Gasteiger partial charge on any atom is 0.251 e. The summed E-state index contributed by atoms with van der Waals surface area (Å²) < 4.78 is 11.2. The fourth-order valence-corrected chi connectivity index (χ4v) is 3.71. The van der Waals surface area contributed by atoms with Gasteiger partial charge >= 0.3 is 0 Å². The highest BCUT2D eigenvalue weighted by Crippen LogP contribution is 2.27. The number of likely N-dealkylation sites (tertiary alicyclic amines) is 1. The van der Waals surface area contributed by atoms with Crippen LogP contribution in [0.1, 0.15) is 18.4 Å². The molecule has 0 bridgehead atoms. The van der Waals surface area contributed by atoms with E-state index in [0.717, 1.165) is 18.4 Å². The van der Waals surface area contributed by atoms with Gasteiger partial charge in [0.15, 0.2) is 0 Å². The fourth-order valence-electron chi connectivity index (χ4n) is 3.71. The van der Waals surface area contributed by atoms with Crippen molar-refractivity contribution in [3.63, 3.8) is 0 Å². The molecule has 7 heteroatoms. The summed E-state index contributed by atoms with van der Waals surface area (Å²) in [6.45, 7) is 2.30. The van der Waals surface area contributed by atoms with Gasteiger partial charge in [-0.1, -0.05) is 0 Å². The summed E-state index contributed by atoms with van der Waals surface area (Å²) in [4.78, 5) is 32.5. The molecule has 7 nitrogen and oxygen atoms in total.